The van der Waals surface area contributed by atoms with Crippen LogP contribution in [0.15, 0.2) is 84.9 Å². The van der Waals surface area contributed by atoms with E-state index in [1.807, 2.05) is 53.5 Å². The number of rotatable bonds is 6. The number of hydrazine groups is 1. The van der Waals surface area contributed by atoms with E-state index in [0.717, 1.165) is 11.3 Å². The van der Waals surface area contributed by atoms with E-state index in [4.69, 9.17) is 12.2 Å². The predicted molar refractivity (Wildman–Crippen MR) is 108 cm³/mol. The third-order valence-electron chi connectivity index (χ3n) is 3.85. The van der Waals surface area contributed by atoms with Crippen molar-refractivity contribution in [1.29, 1.82) is 0 Å². The molecule has 0 radical (unpaired) electrons. The molecule has 0 fully saturated rings. The van der Waals surface area contributed by atoms with E-state index in [2.05, 4.69) is 22.9 Å². The number of para-hydroxylation sites is 1. The summed E-state index contributed by atoms with van der Waals surface area (Å²) in [6, 6.07) is 26.6. The molecule has 2 N–H and O–H groups in total. The molecule has 0 unspecified atom stereocenters. The van der Waals surface area contributed by atoms with Crippen LogP contribution >= 0.6 is 12.2 Å². The number of hydrogen-bond acceptors (Lipinski definition) is 2. The normalized spacial score (nSPS) is 10.2. The van der Waals surface area contributed by atoms with Crippen LogP contribution < -0.4 is 15.8 Å². The van der Waals surface area contributed by atoms with Gasteiger partial charge in [-0.2, -0.15) is 0 Å². The van der Waals surface area contributed by atoms with Gasteiger partial charge in [-0.15, -0.1) is 0 Å². The molecule has 0 aliphatic carbocycles. The lowest BCUT2D eigenvalue weighted by Crippen LogP contribution is -2.46. The molecule has 0 spiro atoms. The Morgan fingerprint density at radius 3 is 2.08 bits per heavy atom. The van der Waals surface area contributed by atoms with E-state index in [9.17, 15) is 4.39 Å². The molecule has 0 bridgehead atoms. The average molecular weight is 365 g/mol. The number of nitrogens with zero attached hydrogens (tertiary/aromatic N) is 1. The summed E-state index contributed by atoms with van der Waals surface area (Å²) < 4.78 is 13.0. The Kier molecular flexibility index (Phi) is 6.17. The largest absolute Gasteiger partial charge is 0.357 e. The summed E-state index contributed by atoms with van der Waals surface area (Å²) in [6.45, 7) is 1.20. The van der Waals surface area contributed by atoms with Crippen LogP contribution in [0.2, 0.25) is 0 Å². The van der Waals surface area contributed by atoms with Crippen molar-refractivity contribution in [3.63, 3.8) is 0 Å². The van der Waals surface area contributed by atoms with Crippen molar-refractivity contribution < 1.29 is 4.39 Å². The topological polar surface area (TPSA) is 27.3 Å². The first-order valence-electron chi connectivity index (χ1n) is 8.36. The Balaban J connectivity index is 1.64. The van der Waals surface area contributed by atoms with Gasteiger partial charge < -0.3 is 5.32 Å². The van der Waals surface area contributed by atoms with E-state index in [1.54, 1.807) is 12.1 Å². The third-order valence-corrected chi connectivity index (χ3v) is 4.09. The first-order valence-corrected chi connectivity index (χ1v) is 8.77. The molecule has 0 atom stereocenters. The molecular formula is C21H20FN3S. The first-order chi connectivity index (χ1) is 12.7. The molecule has 26 heavy (non-hydrogen) atoms. The predicted octanol–water partition coefficient (Wildman–Crippen LogP) is 4.41. The summed E-state index contributed by atoms with van der Waals surface area (Å²) in [4.78, 5) is 0. The lowest BCUT2D eigenvalue weighted by atomic mass is 10.2. The van der Waals surface area contributed by atoms with Gasteiger partial charge in [0.2, 0.25) is 0 Å². The maximum absolute atomic E-state index is 13.0. The minimum absolute atomic E-state index is 0.243. The lowest BCUT2D eigenvalue weighted by Gasteiger charge is -2.27. The van der Waals surface area contributed by atoms with Crippen molar-refractivity contribution in [1.82, 2.24) is 10.7 Å². The Bertz CT molecular complexity index is 823. The maximum atomic E-state index is 13.0. The quantitative estimate of drug-likeness (QED) is 0.500. The molecule has 3 aromatic carbocycles. The zero-order chi connectivity index (χ0) is 18.2. The van der Waals surface area contributed by atoms with Gasteiger partial charge in [-0.3, -0.25) is 10.4 Å². The molecule has 3 aromatic rings. The second kappa shape index (κ2) is 8.97. The summed E-state index contributed by atoms with van der Waals surface area (Å²) in [7, 11) is 0. The Hall–Kier alpha value is -2.92. The summed E-state index contributed by atoms with van der Waals surface area (Å²) in [6.07, 6.45) is 0. The van der Waals surface area contributed by atoms with Crippen LogP contribution in [-0.4, -0.2) is 5.11 Å². The van der Waals surface area contributed by atoms with Crippen molar-refractivity contribution >= 4 is 23.0 Å². The van der Waals surface area contributed by atoms with Gasteiger partial charge in [-0.05, 0) is 47.6 Å². The molecule has 5 heteroatoms. The van der Waals surface area contributed by atoms with Gasteiger partial charge in [0.1, 0.15) is 5.82 Å². The molecule has 3 nitrogen and oxygen atoms in total. The van der Waals surface area contributed by atoms with Gasteiger partial charge in [0.15, 0.2) is 5.11 Å². The van der Waals surface area contributed by atoms with Gasteiger partial charge in [-0.25, -0.2) is 4.39 Å². The van der Waals surface area contributed by atoms with E-state index in [0.29, 0.717) is 18.2 Å². The van der Waals surface area contributed by atoms with Crippen LogP contribution in [0.4, 0.5) is 10.1 Å². The minimum atomic E-state index is -0.243. The van der Waals surface area contributed by atoms with Gasteiger partial charge in [-0.1, -0.05) is 60.7 Å². The summed E-state index contributed by atoms with van der Waals surface area (Å²) in [5.41, 5.74) is 6.39. The van der Waals surface area contributed by atoms with Gasteiger partial charge in [0.25, 0.3) is 0 Å². The van der Waals surface area contributed by atoms with Crippen molar-refractivity contribution in [2.45, 2.75) is 13.1 Å². The van der Waals surface area contributed by atoms with E-state index < -0.39 is 0 Å². The Morgan fingerprint density at radius 1 is 0.808 bits per heavy atom. The van der Waals surface area contributed by atoms with Gasteiger partial charge in [0, 0.05) is 6.54 Å². The van der Waals surface area contributed by atoms with Crippen LogP contribution in [-0.2, 0) is 13.1 Å². The van der Waals surface area contributed by atoms with Crippen LogP contribution in [0, 0.1) is 5.82 Å². The molecule has 0 saturated carbocycles. The molecule has 132 valence electrons. The summed E-state index contributed by atoms with van der Waals surface area (Å²) in [5, 5.41) is 5.66. The second-order valence-corrected chi connectivity index (χ2v) is 6.24. The van der Waals surface area contributed by atoms with Crippen molar-refractivity contribution in [3.05, 3.63) is 102 Å². The highest BCUT2D eigenvalue weighted by Gasteiger charge is 2.09. The molecule has 0 aromatic heterocycles. The number of hydrogen-bond donors (Lipinski definition) is 2. The standard InChI is InChI=1S/C21H20FN3S/c22-19-13-11-17(12-14-19)15-23-21(26)24-25(20-9-5-2-6-10-20)16-18-7-3-1-4-8-18/h1-14H,15-16H2,(H2,23,24,26). The second-order valence-electron chi connectivity index (χ2n) is 5.83. The lowest BCUT2D eigenvalue weighted by molar-refractivity contribution is 0.626. The van der Waals surface area contributed by atoms with Crippen LogP contribution in [0.1, 0.15) is 11.1 Å². The number of benzene rings is 3. The van der Waals surface area contributed by atoms with Crippen LogP contribution in [0.5, 0.6) is 0 Å². The molecule has 0 aliphatic heterocycles. The fourth-order valence-electron chi connectivity index (χ4n) is 2.52. The van der Waals surface area contributed by atoms with Crippen LogP contribution in [0.3, 0.4) is 0 Å². The van der Waals surface area contributed by atoms with E-state index >= 15 is 0 Å². The zero-order valence-corrected chi connectivity index (χ0v) is 15.0. The molecule has 3 rings (SSSR count). The number of nitrogens with one attached hydrogen (secondary N) is 2. The van der Waals surface area contributed by atoms with Gasteiger partial charge in [0.05, 0.1) is 12.2 Å². The molecule has 0 heterocycles. The van der Waals surface area contributed by atoms with Crippen molar-refractivity contribution in [3.8, 4) is 0 Å². The monoisotopic (exact) mass is 365 g/mol. The first kappa shape index (κ1) is 17.9. The van der Waals surface area contributed by atoms with Gasteiger partial charge >= 0.3 is 0 Å². The summed E-state index contributed by atoms with van der Waals surface area (Å²) in [5.74, 6) is -0.243. The smallest absolute Gasteiger partial charge is 0.185 e. The minimum Gasteiger partial charge on any atom is -0.357 e. The highest BCUT2D eigenvalue weighted by atomic mass is 32.1. The van der Waals surface area contributed by atoms with E-state index in [1.165, 1.54) is 17.7 Å². The number of anilines is 1. The fourth-order valence-corrected chi connectivity index (χ4v) is 2.70. The SMILES string of the molecule is Fc1ccc(CNC(=S)NN(Cc2ccccc2)c2ccccc2)cc1. The molecular weight excluding hydrogens is 345 g/mol. The average Bonchev–Trinajstić information content (AvgIpc) is 2.68. The van der Waals surface area contributed by atoms with Crippen LogP contribution in [0.25, 0.3) is 0 Å². The molecule has 0 saturated heterocycles. The molecule has 0 aliphatic rings. The fraction of sp³-hybridized carbons (Fsp3) is 0.0952. The highest BCUT2D eigenvalue weighted by molar-refractivity contribution is 7.80. The van der Waals surface area contributed by atoms with Crippen molar-refractivity contribution in [2.75, 3.05) is 5.01 Å². The Morgan fingerprint density at radius 2 is 1.42 bits per heavy atom. The summed E-state index contributed by atoms with van der Waals surface area (Å²) >= 11 is 5.43. The third kappa shape index (κ3) is 5.29. The number of thiocarbonyl (C=S) groups is 1. The highest BCUT2D eigenvalue weighted by Crippen LogP contribution is 2.14. The van der Waals surface area contributed by atoms with Crippen molar-refractivity contribution in [2.24, 2.45) is 0 Å². The molecule has 0 amide bonds. The Labute approximate surface area is 158 Å². The van der Waals surface area contributed by atoms with E-state index in [-0.39, 0.29) is 5.82 Å². The maximum Gasteiger partial charge on any atom is 0.185 e. The zero-order valence-electron chi connectivity index (χ0n) is 14.2. The number of halogens is 1.